The molecule has 0 spiro atoms. The number of carboxylic acid groups (broad SMARTS) is 1. The van der Waals surface area contributed by atoms with Gasteiger partial charge >= 0.3 is 12.1 Å². The Balaban J connectivity index is 3.40. The number of alkyl halides is 5. The number of aromatic nitrogens is 1. The van der Waals surface area contributed by atoms with Crippen LogP contribution >= 0.6 is 0 Å². The fourth-order valence-corrected chi connectivity index (χ4v) is 1.23. The van der Waals surface area contributed by atoms with Crippen molar-refractivity contribution in [3.63, 3.8) is 0 Å². The van der Waals surface area contributed by atoms with Gasteiger partial charge in [0.05, 0.1) is 6.42 Å². The van der Waals surface area contributed by atoms with Crippen LogP contribution in [0.25, 0.3) is 0 Å². The van der Waals surface area contributed by atoms with E-state index in [0.717, 1.165) is 0 Å². The zero-order valence-corrected chi connectivity index (χ0v) is 8.43. The van der Waals surface area contributed by atoms with Crippen molar-refractivity contribution in [2.24, 2.45) is 0 Å². The van der Waals surface area contributed by atoms with E-state index in [2.05, 4.69) is 4.98 Å². The van der Waals surface area contributed by atoms with Gasteiger partial charge in [-0.1, -0.05) is 0 Å². The van der Waals surface area contributed by atoms with Gasteiger partial charge in [0.2, 0.25) is 5.95 Å². The lowest BCUT2D eigenvalue weighted by Crippen LogP contribution is -2.15. The maximum atomic E-state index is 13.2. The predicted octanol–water partition coefficient (Wildman–Crippen LogP) is 2.80. The summed E-state index contributed by atoms with van der Waals surface area (Å²) in [4.78, 5) is 12.8. The molecule has 0 bridgehead atoms. The minimum atomic E-state index is -5.09. The fraction of sp³-hybridized carbons (Fsp3) is 0.333. The number of hydrogen-bond donors (Lipinski definition) is 1. The van der Waals surface area contributed by atoms with Crippen molar-refractivity contribution in [2.75, 3.05) is 0 Å². The second kappa shape index (κ2) is 4.83. The van der Waals surface area contributed by atoms with Crippen molar-refractivity contribution in [1.82, 2.24) is 4.98 Å². The molecule has 1 aromatic rings. The molecule has 0 fully saturated rings. The van der Waals surface area contributed by atoms with Crippen molar-refractivity contribution in [3.05, 3.63) is 28.8 Å². The van der Waals surface area contributed by atoms with Gasteiger partial charge in [-0.3, -0.25) is 4.79 Å². The van der Waals surface area contributed by atoms with E-state index in [1.54, 1.807) is 0 Å². The highest BCUT2D eigenvalue weighted by Gasteiger charge is 2.35. The molecule has 0 aliphatic heterocycles. The van der Waals surface area contributed by atoms with E-state index in [4.69, 9.17) is 5.11 Å². The molecule has 0 aliphatic rings. The number of aliphatic carboxylic acids is 1. The Kier molecular flexibility index (Phi) is 3.82. The normalized spacial score (nSPS) is 11.9. The summed E-state index contributed by atoms with van der Waals surface area (Å²) in [6.45, 7) is 0. The number of carbonyl (C=O) groups is 1. The number of carboxylic acids is 1. The van der Waals surface area contributed by atoms with E-state index in [9.17, 15) is 31.1 Å². The standard InChI is InChI=1S/C9H5F6NO2/c10-7(11)3-1-5(9(13,14)15)16-8(12)4(3)2-6(17)18/h1,7H,2H2,(H,17,18). The molecular formula is C9H5F6NO2. The molecule has 0 aromatic carbocycles. The first-order chi connectivity index (χ1) is 8.12. The first-order valence-corrected chi connectivity index (χ1v) is 4.39. The van der Waals surface area contributed by atoms with Gasteiger partial charge in [0.25, 0.3) is 6.43 Å². The summed E-state index contributed by atoms with van der Waals surface area (Å²) in [6.07, 6.45) is -9.69. The monoisotopic (exact) mass is 273 g/mol. The van der Waals surface area contributed by atoms with Crippen LogP contribution in [0.3, 0.4) is 0 Å². The number of rotatable bonds is 3. The Hall–Kier alpha value is -1.80. The molecule has 1 heterocycles. The minimum absolute atomic E-state index is 0.0496. The lowest BCUT2D eigenvalue weighted by atomic mass is 10.1. The molecule has 0 atom stereocenters. The van der Waals surface area contributed by atoms with Crippen LogP contribution in [-0.4, -0.2) is 16.1 Å². The van der Waals surface area contributed by atoms with E-state index < -0.39 is 47.8 Å². The molecule has 9 heteroatoms. The van der Waals surface area contributed by atoms with Gasteiger partial charge < -0.3 is 5.11 Å². The van der Waals surface area contributed by atoms with Crippen LogP contribution in [0.15, 0.2) is 6.07 Å². The molecule has 0 radical (unpaired) electrons. The van der Waals surface area contributed by atoms with E-state index >= 15 is 0 Å². The molecular weight excluding hydrogens is 268 g/mol. The van der Waals surface area contributed by atoms with Crippen LogP contribution in [0.5, 0.6) is 0 Å². The number of nitrogens with zero attached hydrogens (tertiary/aromatic N) is 1. The fourth-order valence-electron chi connectivity index (χ4n) is 1.23. The average Bonchev–Trinajstić information content (AvgIpc) is 2.17. The second-order valence-electron chi connectivity index (χ2n) is 3.24. The Labute approximate surface area is 96.1 Å². The first-order valence-electron chi connectivity index (χ1n) is 4.39. The molecule has 0 unspecified atom stereocenters. The predicted molar refractivity (Wildman–Crippen MR) is 45.5 cm³/mol. The van der Waals surface area contributed by atoms with E-state index in [0.29, 0.717) is 0 Å². The zero-order valence-electron chi connectivity index (χ0n) is 8.43. The number of pyridine rings is 1. The van der Waals surface area contributed by atoms with Gasteiger partial charge in [-0.25, -0.2) is 13.8 Å². The van der Waals surface area contributed by atoms with Crippen LogP contribution in [0.2, 0.25) is 0 Å². The highest BCUT2D eigenvalue weighted by Crippen LogP contribution is 2.33. The first kappa shape index (κ1) is 14.3. The summed E-state index contributed by atoms with van der Waals surface area (Å²) in [5, 5.41) is 8.37. The van der Waals surface area contributed by atoms with Crippen molar-refractivity contribution in [1.29, 1.82) is 0 Å². The topological polar surface area (TPSA) is 50.2 Å². The Morgan fingerprint density at radius 1 is 1.39 bits per heavy atom. The molecule has 1 rings (SSSR count). The third-order valence-electron chi connectivity index (χ3n) is 1.96. The maximum Gasteiger partial charge on any atom is 0.433 e. The molecule has 0 saturated carbocycles. The summed E-state index contributed by atoms with van der Waals surface area (Å²) in [5.41, 5.74) is -4.20. The van der Waals surface area contributed by atoms with Crippen LogP contribution < -0.4 is 0 Å². The van der Waals surface area contributed by atoms with Gasteiger partial charge in [-0.15, -0.1) is 0 Å². The van der Waals surface area contributed by atoms with E-state index in [-0.39, 0.29) is 6.07 Å². The Bertz CT molecular complexity index is 471. The molecule has 1 aromatic heterocycles. The van der Waals surface area contributed by atoms with Crippen LogP contribution in [-0.2, 0) is 17.4 Å². The second-order valence-corrected chi connectivity index (χ2v) is 3.24. The Morgan fingerprint density at radius 2 is 1.94 bits per heavy atom. The van der Waals surface area contributed by atoms with Gasteiger partial charge in [-0.05, 0) is 6.07 Å². The van der Waals surface area contributed by atoms with Crippen LogP contribution in [0.4, 0.5) is 26.3 Å². The largest absolute Gasteiger partial charge is 0.481 e. The Morgan fingerprint density at radius 3 is 2.33 bits per heavy atom. The molecule has 0 saturated heterocycles. The van der Waals surface area contributed by atoms with Gasteiger partial charge in [0.1, 0.15) is 5.69 Å². The average molecular weight is 273 g/mol. The quantitative estimate of drug-likeness (QED) is 0.680. The van der Waals surface area contributed by atoms with E-state index in [1.165, 1.54) is 0 Å². The van der Waals surface area contributed by atoms with Crippen molar-refractivity contribution < 1.29 is 36.2 Å². The molecule has 1 N–H and O–H groups in total. The molecule has 0 aliphatic carbocycles. The summed E-state index contributed by atoms with van der Waals surface area (Å²) >= 11 is 0. The van der Waals surface area contributed by atoms with Crippen molar-refractivity contribution in [2.45, 2.75) is 19.0 Å². The third-order valence-corrected chi connectivity index (χ3v) is 1.96. The minimum Gasteiger partial charge on any atom is -0.481 e. The van der Waals surface area contributed by atoms with Crippen LogP contribution in [0, 0.1) is 5.95 Å². The highest BCUT2D eigenvalue weighted by atomic mass is 19.4. The summed E-state index contributed by atoms with van der Waals surface area (Å²) < 4.78 is 74.7. The smallest absolute Gasteiger partial charge is 0.433 e. The van der Waals surface area contributed by atoms with Gasteiger partial charge in [0, 0.05) is 11.1 Å². The third kappa shape index (κ3) is 3.11. The van der Waals surface area contributed by atoms with Gasteiger partial charge in [-0.2, -0.15) is 17.6 Å². The SMILES string of the molecule is O=C(O)Cc1c(C(F)F)cc(C(F)(F)F)nc1F. The van der Waals surface area contributed by atoms with Crippen LogP contribution in [0.1, 0.15) is 23.2 Å². The summed E-state index contributed by atoms with van der Waals surface area (Å²) in [5.74, 6) is -3.51. The van der Waals surface area contributed by atoms with E-state index in [1.807, 2.05) is 0 Å². The van der Waals surface area contributed by atoms with Crippen molar-refractivity contribution >= 4 is 5.97 Å². The molecule has 3 nitrogen and oxygen atoms in total. The highest BCUT2D eigenvalue weighted by molar-refractivity contribution is 5.70. The summed E-state index contributed by atoms with van der Waals surface area (Å²) in [7, 11) is 0. The lowest BCUT2D eigenvalue weighted by Gasteiger charge is -2.12. The molecule has 18 heavy (non-hydrogen) atoms. The lowest BCUT2D eigenvalue weighted by molar-refractivity contribution is -0.141. The summed E-state index contributed by atoms with van der Waals surface area (Å²) in [6, 6.07) is -0.0496. The molecule has 100 valence electrons. The number of hydrogen-bond acceptors (Lipinski definition) is 2. The maximum absolute atomic E-state index is 13.2. The molecule has 0 amide bonds. The van der Waals surface area contributed by atoms with Gasteiger partial charge in [0.15, 0.2) is 0 Å². The zero-order chi connectivity index (χ0) is 14.1. The van der Waals surface area contributed by atoms with Crippen molar-refractivity contribution in [3.8, 4) is 0 Å². The number of halogens is 6.